The maximum Gasteiger partial charge on any atom is 0.265 e. The minimum absolute atomic E-state index is 0.104. The summed E-state index contributed by atoms with van der Waals surface area (Å²) < 4.78 is 6.52. The Morgan fingerprint density at radius 1 is 1.55 bits per heavy atom. The summed E-state index contributed by atoms with van der Waals surface area (Å²) in [4.78, 5) is 19.0. The fourth-order valence-electron chi connectivity index (χ4n) is 1.51. The number of halogens is 1. The number of amides is 1. The normalized spacial score (nSPS) is 10.3. The van der Waals surface area contributed by atoms with E-state index in [9.17, 15) is 4.79 Å². The quantitative estimate of drug-likeness (QED) is 0.670. The van der Waals surface area contributed by atoms with E-state index in [0.717, 1.165) is 0 Å². The fraction of sp³-hybridized carbons (Fsp3) is 0.273. The molecule has 1 N–H and O–H groups in total. The van der Waals surface area contributed by atoms with E-state index in [0.29, 0.717) is 23.8 Å². The van der Waals surface area contributed by atoms with Crippen LogP contribution in [0.2, 0.25) is 5.15 Å². The smallest absolute Gasteiger partial charge is 0.265 e. The molecule has 2 heterocycles. The summed E-state index contributed by atoms with van der Waals surface area (Å²) in [6.07, 6.45) is 1.60. The molecular formula is C11H11ClN6O2. The van der Waals surface area contributed by atoms with Crippen molar-refractivity contribution in [3.63, 3.8) is 0 Å². The molecule has 0 aliphatic heterocycles. The van der Waals surface area contributed by atoms with Crippen LogP contribution in [0.3, 0.4) is 0 Å². The maximum absolute atomic E-state index is 10.9. The van der Waals surface area contributed by atoms with Crippen molar-refractivity contribution in [1.29, 1.82) is 5.53 Å². The predicted molar refractivity (Wildman–Crippen MR) is 69.6 cm³/mol. The lowest BCUT2D eigenvalue weighted by Crippen LogP contribution is -2.03. The largest absolute Gasteiger partial charge is 0.481 e. The highest BCUT2D eigenvalue weighted by molar-refractivity contribution is 6.29. The molecular weight excluding hydrogens is 284 g/mol. The second-order valence-electron chi connectivity index (χ2n) is 3.81. The molecule has 0 aliphatic rings. The van der Waals surface area contributed by atoms with E-state index in [1.807, 2.05) is 0 Å². The monoisotopic (exact) mass is 294 g/mol. The number of rotatable bonds is 5. The molecule has 104 valence electrons. The Morgan fingerprint density at radius 3 is 3.05 bits per heavy atom. The second kappa shape index (κ2) is 6.20. The standard InChI is InChI=1S/C11H11ClN6O2/c1-20-10-5-7(4-8(12)15-10)11-14-6-18(17-11)3-2-9(19)16-13/h4-6,13H,2-3H2,1H3. The number of aromatic nitrogens is 4. The Morgan fingerprint density at radius 2 is 2.35 bits per heavy atom. The van der Waals surface area contributed by atoms with Crippen LogP contribution in [0.1, 0.15) is 6.42 Å². The van der Waals surface area contributed by atoms with E-state index in [1.165, 1.54) is 18.1 Å². The molecule has 0 spiro atoms. The number of carbonyl (C=O) groups excluding carboxylic acids is 1. The van der Waals surface area contributed by atoms with Crippen LogP contribution >= 0.6 is 11.6 Å². The number of ether oxygens (including phenoxy) is 1. The summed E-state index contributed by atoms with van der Waals surface area (Å²) >= 11 is 5.88. The van der Waals surface area contributed by atoms with Gasteiger partial charge in [0.25, 0.3) is 5.91 Å². The van der Waals surface area contributed by atoms with E-state index in [2.05, 4.69) is 20.2 Å². The van der Waals surface area contributed by atoms with Gasteiger partial charge in [-0.15, -0.1) is 5.11 Å². The maximum atomic E-state index is 10.9. The molecule has 0 aliphatic carbocycles. The van der Waals surface area contributed by atoms with E-state index >= 15 is 0 Å². The number of hydrogen-bond acceptors (Lipinski definition) is 6. The SMILES string of the molecule is COc1cc(-c2ncn(CCC(=O)N=N)n2)cc(Cl)n1. The third-order valence-electron chi connectivity index (χ3n) is 2.45. The molecule has 0 radical (unpaired) electrons. The van der Waals surface area contributed by atoms with Gasteiger partial charge >= 0.3 is 0 Å². The third kappa shape index (κ3) is 3.35. The topological polar surface area (TPSA) is 106 Å². The molecule has 0 aromatic carbocycles. The summed E-state index contributed by atoms with van der Waals surface area (Å²) in [5, 5.41) is 7.30. The Bertz CT molecular complexity index is 642. The van der Waals surface area contributed by atoms with Crippen LogP contribution in [0, 0.1) is 5.53 Å². The van der Waals surface area contributed by atoms with E-state index in [4.69, 9.17) is 21.9 Å². The first-order valence-corrected chi connectivity index (χ1v) is 6.02. The number of methoxy groups -OCH3 is 1. The van der Waals surface area contributed by atoms with Gasteiger partial charge in [-0.1, -0.05) is 11.6 Å². The summed E-state index contributed by atoms with van der Waals surface area (Å²) in [6, 6.07) is 3.28. The lowest BCUT2D eigenvalue weighted by Gasteiger charge is -2.01. The number of nitrogens with one attached hydrogen (secondary N) is 1. The predicted octanol–water partition coefficient (Wildman–Crippen LogP) is 1.95. The van der Waals surface area contributed by atoms with Gasteiger partial charge in [0.1, 0.15) is 11.5 Å². The Kier molecular flexibility index (Phi) is 4.36. The number of hydrogen-bond donors (Lipinski definition) is 1. The summed E-state index contributed by atoms with van der Waals surface area (Å²) in [5.41, 5.74) is 7.24. The Balaban J connectivity index is 2.18. The van der Waals surface area contributed by atoms with Crippen LogP contribution in [0.15, 0.2) is 23.6 Å². The summed E-state index contributed by atoms with van der Waals surface area (Å²) in [5.74, 6) is 0.311. The number of pyridine rings is 1. The van der Waals surface area contributed by atoms with Gasteiger partial charge in [-0.2, -0.15) is 5.10 Å². The highest BCUT2D eigenvalue weighted by Crippen LogP contribution is 2.22. The Labute approximate surface area is 119 Å². The van der Waals surface area contributed by atoms with E-state index in [-0.39, 0.29) is 11.6 Å². The molecule has 0 fully saturated rings. The number of aryl methyl sites for hydroxylation is 1. The minimum atomic E-state index is -0.504. The molecule has 0 unspecified atom stereocenters. The Hall–Kier alpha value is -2.35. The molecule has 20 heavy (non-hydrogen) atoms. The molecule has 0 saturated heterocycles. The van der Waals surface area contributed by atoms with Gasteiger partial charge in [0.05, 0.1) is 20.1 Å². The van der Waals surface area contributed by atoms with Crippen LogP contribution < -0.4 is 4.74 Å². The van der Waals surface area contributed by atoms with Gasteiger partial charge in [0.15, 0.2) is 5.82 Å². The van der Waals surface area contributed by atoms with Crippen LogP contribution in [0.25, 0.3) is 11.4 Å². The first-order chi connectivity index (χ1) is 9.62. The molecule has 0 bridgehead atoms. The van der Waals surface area contributed by atoms with Gasteiger partial charge in [-0.3, -0.25) is 9.48 Å². The van der Waals surface area contributed by atoms with Crippen molar-refractivity contribution < 1.29 is 9.53 Å². The number of nitrogens with zero attached hydrogens (tertiary/aromatic N) is 5. The van der Waals surface area contributed by atoms with Crippen molar-refractivity contribution in [1.82, 2.24) is 19.7 Å². The second-order valence-corrected chi connectivity index (χ2v) is 4.19. The molecule has 2 aromatic rings. The van der Waals surface area contributed by atoms with Crippen LogP contribution in [-0.4, -0.2) is 32.8 Å². The van der Waals surface area contributed by atoms with Crippen LogP contribution in [0.4, 0.5) is 0 Å². The minimum Gasteiger partial charge on any atom is -0.481 e. The van der Waals surface area contributed by atoms with E-state index < -0.39 is 5.91 Å². The van der Waals surface area contributed by atoms with Crippen LogP contribution in [0.5, 0.6) is 5.88 Å². The zero-order valence-corrected chi connectivity index (χ0v) is 11.3. The lowest BCUT2D eigenvalue weighted by molar-refractivity contribution is -0.118. The average Bonchev–Trinajstić information content (AvgIpc) is 2.92. The molecule has 9 heteroatoms. The highest BCUT2D eigenvalue weighted by Gasteiger charge is 2.09. The molecule has 0 saturated carbocycles. The zero-order valence-electron chi connectivity index (χ0n) is 10.6. The van der Waals surface area contributed by atoms with Gasteiger partial charge in [-0.05, 0) is 6.07 Å². The summed E-state index contributed by atoms with van der Waals surface area (Å²) in [6.45, 7) is 0.310. The van der Waals surface area contributed by atoms with Crippen molar-refractivity contribution in [2.75, 3.05) is 7.11 Å². The first kappa shape index (κ1) is 14.1. The highest BCUT2D eigenvalue weighted by atomic mass is 35.5. The van der Waals surface area contributed by atoms with Crippen LogP contribution in [-0.2, 0) is 11.3 Å². The molecule has 1 amide bonds. The molecule has 8 nitrogen and oxygen atoms in total. The summed E-state index contributed by atoms with van der Waals surface area (Å²) in [7, 11) is 1.49. The zero-order chi connectivity index (χ0) is 14.5. The van der Waals surface area contributed by atoms with Crippen molar-refractivity contribution >= 4 is 17.5 Å². The van der Waals surface area contributed by atoms with Crippen molar-refractivity contribution in [2.45, 2.75) is 13.0 Å². The fourth-order valence-corrected chi connectivity index (χ4v) is 1.71. The van der Waals surface area contributed by atoms with Crippen molar-refractivity contribution in [2.24, 2.45) is 5.11 Å². The first-order valence-electron chi connectivity index (χ1n) is 5.64. The van der Waals surface area contributed by atoms with Crippen molar-refractivity contribution in [3.05, 3.63) is 23.6 Å². The van der Waals surface area contributed by atoms with Gasteiger partial charge in [0.2, 0.25) is 5.88 Å². The molecule has 2 aromatic heterocycles. The van der Waals surface area contributed by atoms with E-state index in [1.54, 1.807) is 12.1 Å². The van der Waals surface area contributed by atoms with Gasteiger partial charge in [0, 0.05) is 11.6 Å². The molecule has 0 atom stereocenters. The molecule has 2 rings (SSSR count). The lowest BCUT2D eigenvalue weighted by atomic mass is 10.2. The van der Waals surface area contributed by atoms with Gasteiger partial charge < -0.3 is 4.74 Å². The number of carbonyl (C=O) groups is 1. The third-order valence-corrected chi connectivity index (χ3v) is 2.65. The average molecular weight is 295 g/mol. The van der Waals surface area contributed by atoms with Crippen molar-refractivity contribution in [3.8, 4) is 17.3 Å². The van der Waals surface area contributed by atoms with Gasteiger partial charge in [-0.25, -0.2) is 15.5 Å².